The van der Waals surface area contributed by atoms with Crippen molar-refractivity contribution in [2.45, 2.75) is 64.5 Å². The lowest BCUT2D eigenvalue weighted by Gasteiger charge is -2.36. The Labute approximate surface area is 223 Å². The lowest BCUT2D eigenvalue weighted by molar-refractivity contribution is -0.120. The number of benzene rings is 1. The van der Waals surface area contributed by atoms with Gasteiger partial charge in [-0.15, -0.1) is 11.3 Å². The van der Waals surface area contributed by atoms with E-state index < -0.39 is 5.54 Å². The first kappa shape index (κ1) is 28.2. The van der Waals surface area contributed by atoms with Crippen LogP contribution in [0.1, 0.15) is 71.5 Å². The summed E-state index contributed by atoms with van der Waals surface area (Å²) in [5.41, 5.74) is 0.903. The third-order valence-electron chi connectivity index (χ3n) is 6.54. The van der Waals surface area contributed by atoms with Crippen LogP contribution in [0.4, 0.5) is 5.69 Å². The Morgan fingerprint density at radius 1 is 1.17 bits per heavy atom. The van der Waals surface area contributed by atoms with Crippen LogP contribution in [0, 0.1) is 6.92 Å². The zero-order chi connectivity index (χ0) is 26.5. The van der Waals surface area contributed by atoms with Crippen LogP contribution in [-0.4, -0.2) is 66.3 Å². The maximum Gasteiger partial charge on any atom is 0.262 e. The summed E-state index contributed by atoms with van der Waals surface area (Å²) < 4.78 is 0.511. The van der Waals surface area contributed by atoms with Gasteiger partial charge in [0.2, 0.25) is 5.91 Å². The van der Waals surface area contributed by atoms with E-state index in [9.17, 15) is 14.4 Å². The molecule has 1 unspecified atom stereocenters. The molecule has 3 rings (SSSR count). The molecule has 1 aliphatic rings. The van der Waals surface area contributed by atoms with E-state index in [0.29, 0.717) is 20.5 Å². The van der Waals surface area contributed by atoms with Crippen LogP contribution in [0.15, 0.2) is 30.3 Å². The highest BCUT2D eigenvalue weighted by molar-refractivity contribution is 7.18. The van der Waals surface area contributed by atoms with Gasteiger partial charge in [0.15, 0.2) is 0 Å². The lowest BCUT2D eigenvalue weighted by atomic mass is 9.96. The number of carbonyl (C=O) groups excluding carboxylic acids is 3. The third-order valence-corrected chi connectivity index (χ3v) is 7.77. The second kappa shape index (κ2) is 12.2. The smallest absolute Gasteiger partial charge is 0.262 e. The van der Waals surface area contributed by atoms with Crippen molar-refractivity contribution >= 4 is 46.3 Å². The molecule has 0 saturated carbocycles. The minimum atomic E-state index is -1.15. The molecule has 2 aromatic rings. The number of hydrogen-bond donors (Lipinski definition) is 2. The monoisotopic (exact) mass is 532 g/mol. The van der Waals surface area contributed by atoms with Crippen molar-refractivity contribution in [1.29, 1.82) is 0 Å². The summed E-state index contributed by atoms with van der Waals surface area (Å²) in [7, 11) is 4.14. The van der Waals surface area contributed by atoms with Crippen LogP contribution in [0.3, 0.4) is 0 Å². The van der Waals surface area contributed by atoms with Gasteiger partial charge >= 0.3 is 0 Å². The van der Waals surface area contributed by atoms with Gasteiger partial charge in [0.1, 0.15) is 5.54 Å². The van der Waals surface area contributed by atoms with Crippen LogP contribution >= 0.6 is 22.9 Å². The SMILES string of the molecule is Cc1cc(NC(=O)C(C)(C)NC(=O)c2ccc(Cl)s2)ccc1C(=O)N1CCCCC1CCCN(C)C. The maximum absolute atomic E-state index is 13.5. The zero-order valence-corrected chi connectivity index (χ0v) is 23.4. The van der Waals surface area contributed by atoms with E-state index >= 15 is 0 Å². The molecule has 1 aromatic heterocycles. The third kappa shape index (κ3) is 7.31. The standard InChI is InChI=1S/C27H37ClN4O3S/c1-18-17-19(29-26(35)27(2,3)30-24(33)22-13-14-23(28)36-22)11-12-21(18)25(34)32-16-7-6-9-20(32)10-8-15-31(4)5/h11-14,17,20H,6-10,15-16H2,1-5H3,(H,29,35)(H,30,33). The number of hydrogen-bond acceptors (Lipinski definition) is 5. The van der Waals surface area contributed by atoms with Gasteiger partial charge in [0, 0.05) is 23.8 Å². The number of piperidine rings is 1. The number of thiophene rings is 1. The summed E-state index contributed by atoms with van der Waals surface area (Å²) in [6.45, 7) is 6.98. The highest BCUT2D eigenvalue weighted by atomic mass is 35.5. The quantitative estimate of drug-likeness (QED) is 0.465. The van der Waals surface area contributed by atoms with Crippen LogP contribution in [0.5, 0.6) is 0 Å². The first-order valence-electron chi connectivity index (χ1n) is 12.4. The van der Waals surface area contributed by atoms with E-state index in [4.69, 9.17) is 11.6 Å². The molecule has 1 saturated heterocycles. The fourth-order valence-corrected chi connectivity index (χ4v) is 5.41. The number of amides is 3. The van der Waals surface area contributed by atoms with Crippen molar-refractivity contribution in [2.24, 2.45) is 0 Å². The molecule has 0 spiro atoms. The van der Waals surface area contributed by atoms with Gasteiger partial charge in [0.25, 0.3) is 11.8 Å². The maximum atomic E-state index is 13.5. The minimum Gasteiger partial charge on any atom is -0.337 e. The highest BCUT2D eigenvalue weighted by Crippen LogP contribution is 2.26. The van der Waals surface area contributed by atoms with Crippen molar-refractivity contribution in [1.82, 2.24) is 15.1 Å². The molecule has 1 atom stereocenters. The number of aryl methyl sites for hydroxylation is 1. The topological polar surface area (TPSA) is 81.8 Å². The molecule has 2 heterocycles. The molecule has 0 radical (unpaired) electrons. The number of nitrogens with zero attached hydrogens (tertiary/aromatic N) is 2. The Morgan fingerprint density at radius 3 is 2.56 bits per heavy atom. The first-order valence-corrected chi connectivity index (χ1v) is 13.6. The van der Waals surface area contributed by atoms with Gasteiger partial charge in [-0.05, 0) is 109 Å². The lowest BCUT2D eigenvalue weighted by Crippen LogP contribution is -2.52. The molecular formula is C27H37ClN4O3S. The predicted octanol–water partition coefficient (Wildman–Crippen LogP) is 5.19. The van der Waals surface area contributed by atoms with E-state index in [2.05, 4.69) is 29.6 Å². The number of carbonyl (C=O) groups is 3. The normalized spacial score (nSPS) is 16.2. The fraction of sp³-hybridized carbons (Fsp3) is 0.519. The Hall–Kier alpha value is -2.42. The molecule has 9 heteroatoms. The van der Waals surface area contributed by atoms with Crippen molar-refractivity contribution in [3.63, 3.8) is 0 Å². The van der Waals surface area contributed by atoms with Gasteiger partial charge in [0.05, 0.1) is 9.21 Å². The molecule has 0 bridgehead atoms. The van der Waals surface area contributed by atoms with Crippen molar-refractivity contribution in [2.75, 3.05) is 32.5 Å². The summed E-state index contributed by atoms with van der Waals surface area (Å²) in [6, 6.07) is 8.90. The summed E-state index contributed by atoms with van der Waals surface area (Å²) in [4.78, 5) is 43.6. The second-order valence-electron chi connectivity index (χ2n) is 10.3. The predicted molar refractivity (Wildman–Crippen MR) is 147 cm³/mol. The highest BCUT2D eigenvalue weighted by Gasteiger charge is 2.31. The summed E-state index contributed by atoms with van der Waals surface area (Å²) in [5, 5.41) is 5.63. The number of likely N-dealkylation sites (tertiary alicyclic amines) is 1. The van der Waals surface area contributed by atoms with Gasteiger partial charge in [-0.3, -0.25) is 14.4 Å². The number of nitrogens with one attached hydrogen (secondary N) is 2. The Morgan fingerprint density at radius 2 is 1.92 bits per heavy atom. The number of rotatable bonds is 9. The van der Waals surface area contributed by atoms with Gasteiger partial charge < -0.3 is 20.4 Å². The molecule has 7 nitrogen and oxygen atoms in total. The molecule has 1 aromatic carbocycles. The van der Waals surface area contributed by atoms with E-state index in [1.807, 2.05) is 17.9 Å². The van der Waals surface area contributed by atoms with Gasteiger partial charge in [-0.1, -0.05) is 11.6 Å². The van der Waals surface area contributed by atoms with Crippen LogP contribution in [0.25, 0.3) is 0 Å². The van der Waals surface area contributed by atoms with Crippen LogP contribution < -0.4 is 10.6 Å². The molecule has 36 heavy (non-hydrogen) atoms. The second-order valence-corrected chi connectivity index (χ2v) is 12.0. The molecule has 3 amide bonds. The average molecular weight is 533 g/mol. The largest absolute Gasteiger partial charge is 0.337 e. The molecule has 1 fully saturated rings. The van der Waals surface area contributed by atoms with Crippen molar-refractivity contribution in [3.05, 3.63) is 50.7 Å². The van der Waals surface area contributed by atoms with E-state index in [-0.39, 0.29) is 23.8 Å². The summed E-state index contributed by atoms with van der Waals surface area (Å²) in [6.07, 6.45) is 5.31. The van der Waals surface area contributed by atoms with E-state index in [1.54, 1.807) is 38.1 Å². The number of anilines is 1. The average Bonchev–Trinajstić information content (AvgIpc) is 3.25. The molecule has 2 N–H and O–H groups in total. The number of halogens is 1. The van der Waals surface area contributed by atoms with Crippen LogP contribution in [-0.2, 0) is 4.79 Å². The minimum absolute atomic E-state index is 0.0575. The van der Waals surface area contributed by atoms with Crippen molar-refractivity contribution in [3.8, 4) is 0 Å². The Balaban J connectivity index is 1.65. The Kier molecular flexibility index (Phi) is 9.55. The summed E-state index contributed by atoms with van der Waals surface area (Å²) >= 11 is 7.08. The van der Waals surface area contributed by atoms with Crippen molar-refractivity contribution < 1.29 is 14.4 Å². The van der Waals surface area contributed by atoms with E-state index in [1.165, 1.54) is 0 Å². The molecule has 0 aliphatic carbocycles. The van der Waals surface area contributed by atoms with E-state index in [0.717, 1.165) is 62.1 Å². The zero-order valence-electron chi connectivity index (χ0n) is 21.8. The summed E-state index contributed by atoms with van der Waals surface area (Å²) in [5.74, 6) is -0.651. The van der Waals surface area contributed by atoms with Gasteiger partial charge in [-0.25, -0.2) is 0 Å². The fourth-order valence-electron chi connectivity index (χ4n) is 4.47. The molecular weight excluding hydrogens is 496 g/mol. The molecule has 1 aliphatic heterocycles. The Bertz CT molecular complexity index is 1100. The van der Waals surface area contributed by atoms with Gasteiger partial charge in [-0.2, -0.15) is 0 Å². The van der Waals surface area contributed by atoms with Crippen LogP contribution in [0.2, 0.25) is 4.34 Å². The molecule has 196 valence electrons. The first-order chi connectivity index (χ1) is 17.0.